The molecule has 0 bridgehead atoms. The number of rotatable bonds is 5. The Bertz CT molecular complexity index is 1030. The Kier molecular flexibility index (Phi) is 6.65. The molecule has 0 saturated carbocycles. The second-order valence-corrected chi connectivity index (χ2v) is 8.45. The summed E-state index contributed by atoms with van der Waals surface area (Å²) in [5, 5.41) is 0. The van der Waals surface area contributed by atoms with Crippen molar-refractivity contribution in [3.8, 4) is 0 Å². The van der Waals surface area contributed by atoms with E-state index >= 15 is 0 Å². The van der Waals surface area contributed by atoms with Crippen LogP contribution in [0, 0.1) is 11.7 Å². The van der Waals surface area contributed by atoms with E-state index in [0.29, 0.717) is 24.9 Å². The zero-order chi connectivity index (χ0) is 23.6. The number of halogens is 4. The van der Waals surface area contributed by atoms with Crippen molar-refractivity contribution in [3.05, 3.63) is 82.7 Å². The Labute approximate surface area is 188 Å². The van der Waals surface area contributed by atoms with Gasteiger partial charge < -0.3 is 4.74 Å². The van der Waals surface area contributed by atoms with Crippen molar-refractivity contribution in [3.63, 3.8) is 0 Å². The Hall–Kier alpha value is -3.00. The number of benzene rings is 2. The number of piperidine rings is 1. The molecule has 2 aromatic rings. The largest absolute Gasteiger partial charge is 0.457 e. The maximum absolute atomic E-state index is 13.1. The molecule has 0 aliphatic carbocycles. The Morgan fingerprint density at radius 2 is 1.67 bits per heavy atom. The third kappa shape index (κ3) is 5.68. The minimum atomic E-state index is -4.46. The summed E-state index contributed by atoms with van der Waals surface area (Å²) >= 11 is 0. The normalized spacial score (nSPS) is 21.7. The molecule has 4 nitrogen and oxygen atoms in total. The SMILES string of the molecule is O=C1C[C@H](C(=O)C=C2CCN(Cc3ccc(F)cc3)CC2)[C@@H](c2ccc(C(F)(F)F)cc2)O1. The summed E-state index contributed by atoms with van der Waals surface area (Å²) in [6.07, 6.45) is -2.48. The van der Waals surface area contributed by atoms with Crippen LogP contribution < -0.4 is 0 Å². The molecule has 2 saturated heterocycles. The third-order valence-corrected chi connectivity index (χ3v) is 6.11. The molecule has 2 aromatic carbocycles. The Morgan fingerprint density at radius 3 is 2.27 bits per heavy atom. The van der Waals surface area contributed by atoms with E-state index in [2.05, 4.69) is 4.90 Å². The first kappa shape index (κ1) is 23.2. The molecule has 0 radical (unpaired) electrons. The molecule has 4 rings (SSSR count). The van der Waals surface area contributed by atoms with Crippen LogP contribution in [0.3, 0.4) is 0 Å². The van der Waals surface area contributed by atoms with Gasteiger partial charge in [-0.2, -0.15) is 13.2 Å². The number of carbonyl (C=O) groups excluding carboxylic acids is 2. The standard InChI is InChI=1S/C25H23F4NO3/c26-20-7-1-17(2-8-20)15-30-11-9-16(10-12-30)13-22(31)21-14-23(32)33-24(21)18-3-5-19(6-4-18)25(27,28)29/h1-8,13,21,24H,9-12,14-15H2/t21-,24-/m1/s1. The van der Waals surface area contributed by atoms with Crippen LogP contribution in [0.4, 0.5) is 17.6 Å². The van der Waals surface area contributed by atoms with Gasteiger partial charge in [-0.15, -0.1) is 0 Å². The Balaban J connectivity index is 1.38. The van der Waals surface area contributed by atoms with Crippen LogP contribution in [-0.2, 0) is 27.0 Å². The molecule has 2 fully saturated rings. The summed E-state index contributed by atoms with van der Waals surface area (Å²) in [5.74, 6) is -1.80. The molecular weight excluding hydrogens is 438 g/mol. The smallest absolute Gasteiger partial charge is 0.416 e. The summed E-state index contributed by atoms with van der Waals surface area (Å²) < 4.78 is 56.8. The monoisotopic (exact) mass is 461 g/mol. The van der Waals surface area contributed by atoms with Gasteiger partial charge in [0.15, 0.2) is 5.78 Å². The Morgan fingerprint density at radius 1 is 1.03 bits per heavy atom. The van der Waals surface area contributed by atoms with Gasteiger partial charge in [0.2, 0.25) is 0 Å². The zero-order valence-corrected chi connectivity index (χ0v) is 17.8. The van der Waals surface area contributed by atoms with Crippen molar-refractivity contribution >= 4 is 11.8 Å². The lowest BCUT2D eigenvalue weighted by Crippen LogP contribution is -2.30. The van der Waals surface area contributed by atoms with E-state index in [1.165, 1.54) is 24.3 Å². The number of hydrogen-bond donors (Lipinski definition) is 0. The first-order valence-electron chi connectivity index (χ1n) is 10.8. The topological polar surface area (TPSA) is 46.6 Å². The molecule has 8 heteroatoms. The molecule has 0 unspecified atom stereocenters. The van der Waals surface area contributed by atoms with Gasteiger partial charge in [-0.1, -0.05) is 29.8 Å². The highest BCUT2D eigenvalue weighted by Crippen LogP contribution is 2.38. The second kappa shape index (κ2) is 9.47. The third-order valence-electron chi connectivity index (χ3n) is 6.11. The fourth-order valence-corrected chi connectivity index (χ4v) is 4.27. The summed E-state index contributed by atoms with van der Waals surface area (Å²) in [5.41, 5.74) is 1.56. The maximum atomic E-state index is 13.1. The number of ether oxygens (including phenoxy) is 1. The number of allylic oxidation sites excluding steroid dienone is 1. The van der Waals surface area contributed by atoms with Crippen molar-refractivity contribution in [1.29, 1.82) is 0 Å². The van der Waals surface area contributed by atoms with Crippen LogP contribution in [0.2, 0.25) is 0 Å². The van der Waals surface area contributed by atoms with Crippen LogP contribution in [0.15, 0.2) is 60.2 Å². The predicted octanol–water partition coefficient (Wildman–Crippen LogP) is 5.24. The lowest BCUT2D eigenvalue weighted by Gasteiger charge is -2.28. The molecule has 33 heavy (non-hydrogen) atoms. The molecule has 0 N–H and O–H groups in total. The van der Waals surface area contributed by atoms with Crippen LogP contribution in [-0.4, -0.2) is 29.7 Å². The molecule has 2 heterocycles. The van der Waals surface area contributed by atoms with Crippen molar-refractivity contribution in [1.82, 2.24) is 4.90 Å². The summed E-state index contributed by atoms with van der Waals surface area (Å²) in [4.78, 5) is 27.1. The quantitative estimate of drug-likeness (QED) is 0.347. The number of ketones is 1. The van der Waals surface area contributed by atoms with E-state index in [9.17, 15) is 27.2 Å². The van der Waals surface area contributed by atoms with Gasteiger partial charge in [-0.25, -0.2) is 4.39 Å². The minimum absolute atomic E-state index is 0.0923. The van der Waals surface area contributed by atoms with Crippen molar-refractivity contribution in [2.24, 2.45) is 5.92 Å². The summed E-state index contributed by atoms with van der Waals surface area (Å²) in [6, 6.07) is 10.7. The van der Waals surface area contributed by atoms with Gasteiger partial charge in [0, 0.05) is 19.6 Å². The lowest BCUT2D eigenvalue weighted by atomic mass is 9.89. The van der Waals surface area contributed by atoms with E-state index in [-0.39, 0.29) is 18.0 Å². The van der Waals surface area contributed by atoms with Gasteiger partial charge in [0.1, 0.15) is 11.9 Å². The molecule has 174 valence electrons. The van der Waals surface area contributed by atoms with Crippen LogP contribution in [0.1, 0.15) is 42.1 Å². The van der Waals surface area contributed by atoms with Gasteiger partial charge in [0.25, 0.3) is 0 Å². The fourth-order valence-electron chi connectivity index (χ4n) is 4.27. The van der Waals surface area contributed by atoms with Crippen LogP contribution in [0.5, 0.6) is 0 Å². The number of carbonyl (C=O) groups is 2. The molecule has 0 spiro atoms. The number of esters is 1. The van der Waals surface area contributed by atoms with E-state index in [1.807, 2.05) is 0 Å². The van der Waals surface area contributed by atoms with E-state index in [1.54, 1.807) is 18.2 Å². The molecule has 0 aromatic heterocycles. The highest BCUT2D eigenvalue weighted by Gasteiger charge is 2.40. The number of hydrogen-bond acceptors (Lipinski definition) is 4. The molecule has 2 aliphatic heterocycles. The van der Waals surface area contributed by atoms with Crippen LogP contribution >= 0.6 is 0 Å². The summed E-state index contributed by atoms with van der Waals surface area (Å²) in [6.45, 7) is 2.19. The van der Waals surface area contributed by atoms with E-state index in [0.717, 1.165) is 36.4 Å². The van der Waals surface area contributed by atoms with Crippen molar-refractivity contribution < 1.29 is 31.9 Å². The lowest BCUT2D eigenvalue weighted by molar-refractivity contribution is -0.142. The zero-order valence-electron chi connectivity index (χ0n) is 17.8. The first-order valence-corrected chi connectivity index (χ1v) is 10.8. The van der Waals surface area contributed by atoms with E-state index in [4.69, 9.17) is 4.74 Å². The molecular formula is C25H23F4NO3. The number of cyclic esters (lactones) is 1. The molecule has 2 aliphatic rings. The number of likely N-dealkylation sites (tertiary alicyclic amines) is 1. The summed E-state index contributed by atoms with van der Waals surface area (Å²) in [7, 11) is 0. The highest BCUT2D eigenvalue weighted by molar-refractivity contribution is 5.96. The molecule has 2 atom stereocenters. The van der Waals surface area contributed by atoms with Crippen LogP contribution in [0.25, 0.3) is 0 Å². The number of alkyl halides is 3. The predicted molar refractivity (Wildman–Crippen MR) is 112 cm³/mol. The van der Waals surface area contributed by atoms with Gasteiger partial charge in [0.05, 0.1) is 17.9 Å². The second-order valence-electron chi connectivity index (χ2n) is 8.45. The van der Waals surface area contributed by atoms with Gasteiger partial charge in [-0.3, -0.25) is 14.5 Å². The highest BCUT2D eigenvalue weighted by atomic mass is 19.4. The van der Waals surface area contributed by atoms with Crippen molar-refractivity contribution in [2.75, 3.05) is 13.1 Å². The molecule has 0 amide bonds. The maximum Gasteiger partial charge on any atom is 0.416 e. The van der Waals surface area contributed by atoms with Gasteiger partial charge >= 0.3 is 12.1 Å². The number of nitrogens with zero attached hydrogens (tertiary/aromatic N) is 1. The fraction of sp³-hybridized carbons (Fsp3) is 0.360. The average Bonchev–Trinajstić information content (AvgIpc) is 3.18. The average molecular weight is 461 g/mol. The van der Waals surface area contributed by atoms with E-state index < -0.39 is 29.7 Å². The van der Waals surface area contributed by atoms with Crippen molar-refractivity contribution in [2.45, 2.75) is 38.1 Å². The first-order chi connectivity index (χ1) is 15.7. The minimum Gasteiger partial charge on any atom is -0.457 e. The van der Waals surface area contributed by atoms with Gasteiger partial charge in [-0.05, 0) is 54.3 Å².